The molecule has 1 unspecified atom stereocenters. The summed E-state index contributed by atoms with van der Waals surface area (Å²) in [4.78, 5) is 2.42. The second-order valence-electron chi connectivity index (χ2n) is 7.72. The molecule has 0 amide bonds. The Morgan fingerprint density at radius 1 is 1.40 bits per heavy atom. The van der Waals surface area contributed by atoms with E-state index in [9.17, 15) is 13.5 Å². The van der Waals surface area contributed by atoms with Gasteiger partial charge in [0, 0.05) is 32.1 Å². The molecule has 0 aromatic heterocycles. The summed E-state index contributed by atoms with van der Waals surface area (Å²) in [7, 11) is 1.81. The first-order valence-electron chi connectivity index (χ1n) is 8.87. The van der Waals surface area contributed by atoms with E-state index >= 15 is 0 Å². The van der Waals surface area contributed by atoms with Crippen molar-refractivity contribution in [2.24, 2.45) is 5.92 Å². The summed E-state index contributed by atoms with van der Waals surface area (Å²) in [5.74, 6) is 0.695. The predicted molar refractivity (Wildman–Crippen MR) is 98.9 cm³/mol. The summed E-state index contributed by atoms with van der Waals surface area (Å²) in [6.07, 6.45) is 2.70. The zero-order valence-electron chi connectivity index (χ0n) is 15.5. The van der Waals surface area contributed by atoms with Crippen LogP contribution in [0.15, 0.2) is 18.2 Å². The first kappa shape index (κ1) is 18.6. The van der Waals surface area contributed by atoms with Crippen molar-refractivity contribution in [1.82, 2.24) is 13.9 Å². The molecule has 0 radical (unpaired) electrons. The number of benzene rings is 1. The lowest BCUT2D eigenvalue weighted by Crippen LogP contribution is -2.58. The predicted octanol–water partition coefficient (Wildman–Crippen LogP) is 1.31. The van der Waals surface area contributed by atoms with Crippen LogP contribution in [0.2, 0.25) is 0 Å². The molecule has 3 atom stereocenters. The number of nitrogens with zero attached hydrogens (tertiary/aromatic N) is 2. The highest BCUT2D eigenvalue weighted by molar-refractivity contribution is 7.87. The third-order valence-electron chi connectivity index (χ3n) is 6.32. The molecule has 1 saturated heterocycles. The average molecular weight is 368 g/mol. The largest absolute Gasteiger partial charge is 0.508 e. The third-order valence-corrected chi connectivity index (χ3v) is 7.85. The van der Waals surface area contributed by atoms with Gasteiger partial charge in [-0.3, -0.25) is 0 Å². The summed E-state index contributed by atoms with van der Waals surface area (Å²) >= 11 is 0. The van der Waals surface area contributed by atoms with E-state index in [4.69, 9.17) is 0 Å². The van der Waals surface area contributed by atoms with E-state index in [1.54, 1.807) is 6.07 Å². The summed E-state index contributed by atoms with van der Waals surface area (Å²) in [6, 6.07) is 6.14. The number of likely N-dealkylation sites (tertiary alicyclic amines) is 1. The maximum Gasteiger partial charge on any atom is 0.278 e. The average Bonchev–Trinajstić information content (AvgIpc) is 2.54. The number of hydrogen-bond acceptors (Lipinski definition) is 4. The van der Waals surface area contributed by atoms with E-state index in [1.165, 1.54) is 29.5 Å². The van der Waals surface area contributed by atoms with Crippen molar-refractivity contribution in [2.75, 3.05) is 34.2 Å². The summed E-state index contributed by atoms with van der Waals surface area (Å²) < 4.78 is 28.0. The highest BCUT2D eigenvalue weighted by atomic mass is 32.2. The number of aromatic hydroxyl groups is 1. The third kappa shape index (κ3) is 3.18. The van der Waals surface area contributed by atoms with Crippen LogP contribution < -0.4 is 4.72 Å². The fourth-order valence-electron chi connectivity index (χ4n) is 4.68. The Balaban J connectivity index is 1.92. The molecule has 1 aliphatic heterocycles. The van der Waals surface area contributed by atoms with Crippen LogP contribution in [0.1, 0.15) is 30.9 Å². The molecule has 7 heteroatoms. The van der Waals surface area contributed by atoms with Crippen molar-refractivity contribution in [3.8, 4) is 5.75 Å². The standard InChI is InChI=1S/C18H29N3O3S/c1-13-17-11-14-5-6-15(22)12-16(14)18(13,8-10-21(17)4)7-9-19-25(23,24)20(2)3/h5-6,12-13,17,19,22H,7-11H2,1-4H3/t13-,17+,18?/m0/s1. The van der Waals surface area contributed by atoms with Crippen molar-refractivity contribution in [1.29, 1.82) is 0 Å². The van der Waals surface area contributed by atoms with Crippen molar-refractivity contribution < 1.29 is 13.5 Å². The first-order valence-corrected chi connectivity index (χ1v) is 10.3. The quantitative estimate of drug-likeness (QED) is 0.823. The van der Waals surface area contributed by atoms with Crippen LogP contribution in [0, 0.1) is 5.92 Å². The number of nitrogens with one attached hydrogen (secondary N) is 1. The van der Waals surface area contributed by atoms with Gasteiger partial charge in [0.2, 0.25) is 0 Å². The van der Waals surface area contributed by atoms with Crippen molar-refractivity contribution >= 4 is 10.2 Å². The molecule has 2 aliphatic rings. The van der Waals surface area contributed by atoms with Crippen LogP contribution >= 0.6 is 0 Å². The summed E-state index contributed by atoms with van der Waals surface area (Å²) in [5, 5.41) is 10.0. The molecule has 140 valence electrons. The molecule has 0 saturated carbocycles. The smallest absolute Gasteiger partial charge is 0.278 e. The molecule has 6 nitrogen and oxygen atoms in total. The zero-order chi connectivity index (χ0) is 18.4. The number of fused-ring (bicyclic) bond motifs is 4. The van der Waals surface area contributed by atoms with Gasteiger partial charge in [-0.05, 0) is 62.0 Å². The molecule has 1 fully saturated rings. The minimum Gasteiger partial charge on any atom is -0.508 e. The molecule has 1 heterocycles. The lowest BCUT2D eigenvalue weighted by Gasteiger charge is -2.55. The van der Waals surface area contributed by atoms with E-state index in [0.29, 0.717) is 18.5 Å². The Morgan fingerprint density at radius 2 is 2.12 bits per heavy atom. The molecule has 3 rings (SSSR count). The second kappa shape index (κ2) is 6.54. The van der Waals surface area contributed by atoms with Gasteiger partial charge >= 0.3 is 0 Å². The van der Waals surface area contributed by atoms with Gasteiger partial charge in [-0.25, -0.2) is 4.72 Å². The van der Waals surface area contributed by atoms with Crippen LogP contribution in [0.3, 0.4) is 0 Å². The highest BCUT2D eigenvalue weighted by Gasteiger charge is 2.50. The molecule has 2 N–H and O–H groups in total. The normalized spacial score (nSPS) is 29.6. The lowest BCUT2D eigenvalue weighted by atomic mass is 9.56. The van der Waals surface area contributed by atoms with Gasteiger partial charge in [0.25, 0.3) is 10.2 Å². The van der Waals surface area contributed by atoms with Gasteiger partial charge in [-0.15, -0.1) is 0 Å². The number of hydrogen-bond donors (Lipinski definition) is 2. The van der Waals surface area contributed by atoms with Gasteiger partial charge in [-0.1, -0.05) is 13.0 Å². The van der Waals surface area contributed by atoms with Crippen LogP contribution in [0.5, 0.6) is 5.75 Å². The van der Waals surface area contributed by atoms with Crippen molar-refractivity contribution in [3.05, 3.63) is 29.3 Å². The fourth-order valence-corrected chi connectivity index (χ4v) is 5.30. The fraction of sp³-hybridized carbons (Fsp3) is 0.667. The number of phenolic OH excluding ortho intramolecular Hbond substituents is 1. The Morgan fingerprint density at radius 3 is 2.80 bits per heavy atom. The molecule has 1 aromatic carbocycles. The van der Waals surface area contributed by atoms with Crippen molar-refractivity contribution in [2.45, 2.75) is 37.6 Å². The Labute approximate surface area is 151 Å². The highest BCUT2D eigenvalue weighted by Crippen LogP contribution is 2.51. The Hall–Kier alpha value is -1.15. The van der Waals surface area contributed by atoms with E-state index in [-0.39, 0.29) is 11.2 Å². The zero-order valence-corrected chi connectivity index (χ0v) is 16.3. The minimum absolute atomic E-state index is 0.0989. The van der Waals surface area contributed by atoms with Crippen LogP contribution in [-0.2, 0) is 22.0 Å². The molecule has 25 heavy (non-hydrogen) atoms. The van der Waals surface area contributed by atoms with Crippen LogP contribution in [0.4, 0.5) is 0 Å². The minimum atomic E-state index is -3.42. The SMILES string of the molecule is C[C@H]1[C@H]2Cc3ccc(O)cc3C1(CCNS(=O)(=O)N(C)C)CCN2C. The van der Waals surface area contributed by atoms with Gasteiger partial charge in [-0.2, -0.15) is 12.7 Å². The molecular formula is C18H29N3O3S. The molecule has 0 spiro atoms. The monoisotopic (exact) mass is 367 g/mol. The molecular weight excluding hydrogens is 338 g/mol. The molecule has 2 bridgehead atoms. The number of rotatable bonds is 5. The van der Waals surface area contributed by atoms with Crippen molar-refractivity contribution in [3.63, 3.8) is 0 Å². The summed E-state index contributed by atoms with van der Waals surface area (Å²) in [6.45, 7) is 3.66. The second-order valence-corrected chi connectivity index (χ2v) is 9.69. The maximum atomic E-state index is 12.0. The first-order chi connectivity index (χ1) is 11.7. The topological polar surface area (TPSA) is 72.9 Å². The van der Waals surface area contributed by atoms with E-state index in [2.05, 4.69) is 23.6 Å². The van der Waals surface area contributed by atoms with Gasteiger partial charge in [0.05, 0.1) is 0 Å². The maximum absolute atomic E-state index is 12.0. The number of phenols is 1. The Kier molecular flexibility index (Phi) is 4.87. The lowest BCUT2D eigenvalue weighted by molar-refractivity contribution is 0.0366. The Bertz CT molecular complexity index is 750. The number of likely N-dealkylation sites (N-methyl/N-ethyl adjacent to an activating group) is 1. The van der Waals surface area contributed by atoms with Gasteiger partial charge in [0.15, 0.2) is 0 Å². The molecule has 1 aromatic rings. The number of piperidine rings is 1. The van der Waals surface area contributed by atoms with Gasteiger partial charge in [0.1, 0.15) is 5.75 Å². The van der Waals surface area contributed by atoms with E-state index in [0.717, 1.165) is 25.8 Å². The van der Waals surface area contributed by atoms with E-state index < -0.39 is 10.2 Å². The van der Waals surface area contributed by atoms with Crippen LogP contribution in [0.25, 0.3) is 0 Å². The van der Waals surface area contributed by atoms with E-state index in [1.807, 2.05) is 12.1 Å². The molecule has 1 aliphatic carbocycles. The van der Waals surface area contributed by atoms with Crippen LogP contribution in [-0.4, -0.2) is 63.0 Å². The summed E-state index contributed by atoms with van der Waals surface area (Å²) in [5.41, 5.74) is 2.38. The van der Waals surface area contributed by atoms with Gasteiger partial charge < -0.3 is 10.0 Å².